The quantitative estimate of drug-likeness (QED) is 0.213. The number of nitrogens with one attached hydrogen (secondary N) is 2. The highest BCUT2D eigenvalue weighted by Gasteiger charge is 2.32. The third-order valence-corrected chi connectivity index (χ3v) is 8.85. The second-order valence-electron chi connectivity index (χ2n) is 12.5. The van der Waals surface area contributed by atoms with Gasteiger partial charge in [-0.05, 0) is 83.3 Å². The van der Waals surface area contributed by atoms with E-state index in [9.17, 15) is 26.4 Å². The first-order valence-corrected chi connectivity index (χ1v) is 16.9. The molecule has 2 aromatic carbocycles. The van der Waals surface area contributed by atoms with Crippen molar-refractivity contribution in [2.45, 2.75) is 81.5 Å². The zero-order valence-corrected chi connectivity index (χ0v) is 28.0. The van der Waals surface area contributed by atoms with Crippen LogP contribution in [0.15, 0.2) is 47.4 Å². The van der Waals surface area contributed by atoms with Gasteiger partial charge in [-0.25, -0.2) is 17.6 Å². The Morgan fingerprint density at radius 2 is 1.85 bits per heavy atom. The van der Waals surface area contributed by atoms with E-state index >= 15 is 4.39 Å². The molecule has 9 nitrogen and oxygen atoms in total. The fourth-order valence-corrected chi connectivity index (χ4v) is 6.13. The van der Waals surface area contributed by atoms with Crippen LogP contribution in [0, 0.1) is 11.8 Å². The van der Waals surface area contributed by atoms with Crippen LogP contribution in [0.5, 0.6) is 5.75 Å². The van der Waals surface area contributed by atoms with Crippen molar-refractivity contribution >= 4 is 38.2 Å². The first-order chi connectivity index (χ1) is 21.9. The van der Waals surface area contributed by atoms with Crippen LogP contribution in [0.1, 0.15) is 45.7 Å². The number of carbonyl (C=O) groups excluding carboxylic acids is 1. The van der Waals surface area contributed by atoms with E-state index in [1.165, 1.54) is 31.4 Å². The highest BCUT2D eigenvalue weighted by molar-refractivity contribution is 7.90. The molecule has 1 aliphatic carbocycles. The maximum atomic E-state index is 15.0. The largest absolute Gasteiger partial charge is 0.495 e. The molecular formula is C33H40F4N4O5S. The topological polar surface area (TPSA) is 102 Å². The van der Waals surface area contributed by atoms with E-state index in [0.717, 1.165) is 22.1 Å². The number of ether oxygens (including phenoxy) is 2. The summed E-state index contributed by atoms with van der Waals surface area (Å²) in [5.41, 5.74) is 0.0345. The van der Waals surface area contributed by atoms with Crippen LogP contribution in [-0.4, -0.2) is 76.1 Å². The van der Waals surface area contributed by atoms with Crippen molar-refractivity contribution in [3.05, 3.63) is 48.2 Å². The van der Waals surface area contributed by atoms with E-state index in [2.05, 4.69) is 22.5 Å². The second kappa shape index (κ2) is 14.0. The average Bonchev–Trinajstić information content (AvgIpc) is 3.31. The minimum Gasteiger partial charge on any atom is -0.495 e. The summed E-state index contributed by atoms with van der Waals surface area (Å²) in [4.78, 5) is 14.4. The van der Waals surface area contributed by atoms with Crippen LogP contribution >= 0.6 is 0 Å². The van der Waals surface area contributed by atoms with Gasteiger partial charge >= 0.3 is 12.3 Å². The maximum absolute atomic E-state index is 15.0. The van der Waals surface area contributed by atoms with E-state index in [1.54, 1.807) is 46.0 Å². The van der Waals surface area contributed by atoms with Crippen molar-refractivity contribution < 1.29 is 40.2 Å². The summed E-state index contributed by atoms with van der Waals surface area (Å²) in [6.45, 7) is 3.34. The van der Waals surface area contributed by atoms with E-state index in [-0.39, 0.29) is 40.1 Å². The number of rotatable bonds is 8. The Morgan fingerprint density at radius 1 is 1.13 bits per heavy atom. The Kier molecular flexibility index (Phi) is 10.7. The van der Waals surface area contributed by atoms with Crippen molar-refractivity contribution in [2.24, 2.45) is 0 Å². The van der Waals surface area contributed by atoms with Gasteiger partial charge < -0.3 is 24.7 Å². The third kappa shape index (κ3) is 9.10. The molecule has 4 rings (SSSR count). The molecular weight excluding hydrogens is 640 g/mol. The number of carbonyl (C=O) groups is 1. The number of amides is 1. The van der Waals surface area contributed by atoms with Gasteiger partial charge in [0.2, 0.25) is 0 Å². The number of anilines is 2. The summed E-state index contributed by atoms with van der Waals surface area (Å²) < 4.78 is 92.6. The lowest BCUT2D eigenvalue weighted by Crippen LogP contribution is -2.42. The van der Waals surface area contributed by atoms with Gasteiger partial charge in [0.15, 0.2) is 9.84 Å². The summed E-state index contributed by atoms with van der Waals surface area (Å²) >= 11 is 0. The standard InChI is InChI=1S/C33H40F4N4O5S/c1-32(2,3)46-31(42)40(29-15-13-23(47(6,43)44)19-30(29)45-5)16-8-9-22-18-24-26(39-27-14-12-21(38-4)17-25(27)34)10-7-11-28(24)41(22)20-33(35,36)37/h7,10-11,13,15,18-19,21,25,27,38-39H,12,14,16-17,20H2,1-6H3. The van der Waals surface area contributed by atoms with Gasteiger partial charge in [-0.15, -0.1) is 0 Å². The van der Waals surface area contributed by atoms with E-state index < -0.39 is 46.5 Å². The SMILES string of the molecule is CNC1CCC(Nc2cccc3c2cc(C#CCN(C(=O)OC(C)(C)C)c2ccc(S(C)(=O)=O)cc2OC)n3CC(F)(F)F)C(F)C1. The Bertz CT molecular complexity index is 1770. The normalized spacial score (nSPS) is 18.7. The van der Waals surface area contributed by atoms with Gasteiger partial charge in [0.25, 0.3) is 0 Å². The van der Waals surface area contributed by atoms with Crippen molar-refractivity contribution in [2.75, 3.05) is 37.2 Å². The first-order valence-electron chi connectivity index (χ1n) is 15.0. The zero-order valence-electron chi connectivity index (χ0n) is 27.2. The Morgan fingerprint density at radius 3 is 2.45 bits per heavy atom. The van der Waals surface area contributed by atoms with Crippen molar-refractivity contribution in [1.82, 2.24) is 9.88 Å². The van der Waals surface area contributed by atoms with Gasteiger partial charge in [-0.1, -0.05) is 12.0 Å². The van der Waals surface area contributed by atoms with Crippen LogP contribution in [-0.2, 0) is 21.1 Å². The number of aromatic nitrogens is 1. The molecule has 1 fully saturated rings. The maximum Gasteiger partial charge on any atom is 0.415 e. The van der Waals surface area contributed by atoms with Gasteiger partial charge in [0.1, 0.15) is 24.1 Å². The number of hydrogen-bond acceptors (Lipinski definition) is 7. The average molecular weight is 681 g/mol. The minimum absolute atomic E-state index is 0.0331. The Balaban J connectivity index is 1.74. The highest BCUT2D eigenvalue weighted by atomic mass is 32.2. The van der Waals surface area contributed by atoms with Gasteiger partial charge in [-0.2, -0.15) is 13.2 Å². The molecule has 14 heteroatoms. The van der Waals surface area contributed by atoms with Gasteiger partial charge in [0, 0.05) is 29.4 Å². The molecule has 1 aromatic heterocycles. The molecule has 0 aliphatic heterocycles. The molecule has 1 saturated carbocycles. The van der Waals surface area contributed by atoms with E-state index in [1.807, 2.05) is 0 Å². The molecule has 0 saturated heterocycles. The van der Waals surface area contributed by atoms with Crippen LogP contribution in [0.3, 0.4) is 0 Å². The summed E-state index contributed by atoms with van der Waals surface area (Å²) in [5, 5.41) is 6.76. The molecule has 0 spiro atoms. The number of alkyl halides is 4. The summed E-state index contributed by atoms with van der Waals surface area (Å²) in [7, 11) is -0.503. The van der Waals surface area contributed by atoms with Crippen LogP contribution < -0.4 is 20.3 Å². The summed E-state index contributed by atoms with van der Waals surface area (Å²) in [6.07, 6.45) is -3.88. The van der Waals surface area contributed by atoms with Crippen LogP contribution in [0.2, 0.25) is 0 Å². The van der Waals surface area contributed by atoms with E-state index in [0.29, 0.717) is 23.9 Å². The first kappa shape index (κ1) is 35.9. The van der Waals surface area contributed by atoms with Gasteiger partial charge in [-0.3, -0.25) is 4.90 Å². The monoisotopic (exact) mass is 680 g/mol. The van der Waals surface area contributed by atoms with Crippen LogP contribution in [0.4, 0.5) is 33.7 Å². The fourth-order valence-electron chi connectivity index (χ4n) is 5.49. The molecule has 3 atom stereocenters. The highest BCUT2D eigenvalue weighted by Crippen LogP contribution is 2.34. The lowest BCUT2D eigenvalue weighted by atomic mass is 9.89. The fraction of sp³-hybridized carbons (Fsp3) is 0.485. The number of nitrogens with zero attached hydrogens (tertiary/aromatic N) is 2. The van der Waals surface area contributed by atoms with Crippen molar-refractivity contribution in [3.8, 4) is 17.6 Å². The number of halogens is 4. The minimum atomic E-state index is -4.57. The number of benzene rings is 2. The molecule has 2 N–H and O–H groups in total. The third-order valence-electron chi connectivity index (χ3n) is 7.74. The molecule has 1 aliphatic rings. The lowest BCUT2D eigenvalue weighted by Gasteiger charge is -2.32. The molecule has 47 heavy (non-hydrogen) atoms. The van der Waals surface area contributed by atoms with E-state index in [4.69, 9.17) is 9.47 Å². The predicted octanol–water partition coefficient (Wildman–Crippen LogP) is 6.30. The van der Waals surface area contributed by atoms with Crippen LogP contribution in [0.25, 0.3) is 10.9 Å². The lowest BCUT2D eigenvalue weighted by molar-refractivity contribution is -0.140. The molecule has 1 heterocycles. The summed E-state index contributed by atoms with van der Waals surface area (Å²) in [6, 6.07) is 9.87. The number of methoxy groups -OCH3 is 1. The molecule has 3 unspecified atom stereocenters. The summed E-state index contributed by atoms with van der Waals surface area (Å²) in [5.74, 6) is 5.63. The molecule has 0 radical (unpaired) electrons. The molecule has 1 amide bonds. The Hall–Kier alpha value is -3.96. The smallest absolute Gasteiger partial charge is 0.415 e. The zero-order chi connectivity index (χ0) is 34.7. The second-order valence-corrected chi connectivity index (χ2v) is 14.5. The number of hydrogen-bond donors (Lipinski definition) is 2. The molecule has 0 bridgehead atoms. The van der Waals surface area contributed by atoms with Crippen molar-refractivity contribution in [3.63, 3.8) is 0 Å². The Labute approximate surface area is 272 Å². The number of fused-ring (bicyclic) bond motifs is 1. The molecule has 3 aromatic rings. The van der Waals surface area contributed by atoms with Crippen molar-refractivity contribution in [1.29, 1.82) is 0 Å². The molecule has 256 valence electrons. The number of sulfone groups is 1. The van der Waals surface area contributed by atoms with Gasteiger partial charge in [0.05, 0.1) is 41.5 Å². The predicted molar refractivity (Wildman–Crippen MR) is 174 cm³/mol.